The van der Waals surface area contributed by atoms with Crippen LogP contribution in [0.25, 0.3) is 0 Å². The number of anilines is 1. The highest BCUT2D eigenvalue weighted by Gasteiger charge is 2.30. The molecule has 1 fully saturated rings. The summed E-state index contributed by atoms with van der Waals surface area (Å²) in [5.74, 6) is -0.299. The second-order valence-electron chi connectivity index (χ2n) is 4.36. The van der Waals surface area contributed by atoms with E-state index in [2.05, 4.69) is 11.3 Å². The van der Waals surface area contributed by atoms with Crippen LogP contribution in [0, 0.1) is 5.92 Å². The van der Waals surface area contributed by atoms with Crippen molar-refractivity contribution >= 4 is 29.2 Å². The van der Waals surface area contributed by atoms with Gasteiger partial charge in [0, 0.05) is 18.9 Å². The van der Waals surface area contributed by atoms with Crippen molar-refractivity contribution in [2.24, 2.45) is 5.92 Å². The maximum Gasteiger partial charge on any atom is 0.337 e. The van der Waals surface area contributed by atoms with E-state index in [9.17, 15) is 9.59 Å². The number of hydrogen-bond donors (Lipinski definition) is 0. The molecule has 1 atom stereocenters. The van der Waals surface area contributed by atoms with Crippen LogP contribution < -0.4 is 4.90 Å². The van der Waals surface area contributed by atoms with Gasteiger partial charge in [-0.15, -0.1) is 6.58 Å². The number of hydrogen-bond acceptors (Lipinski definition) is 3. The van der Waals surface area contributed by atoms with E-state index < -0.39 is 5.97 Å². The first-order chi connectivity index (χ1) is 9.06. The van der Waals surface area contributed by atoms with Crippen LogP contribution >= 0.6 is 11.6 Å². The highest BCUT2D eigenvalue weighted by atomic mass is 35.5. The zero-order valence-electron chi connectivity index (χ0n) is 10.6. The molecule has 1 aromatic carbocycles. The van der Waals surface area contributed by atoms with E-state index in [0.717, 1.165) is 0 Å². The molecule has 0 aromatic heterocycles. The number of carbonyl (C=O) groups excluding carboxylic acids is 2. The van der Waals surface area contributed by atoms with Crippen molar-refractivity contribution in [2.75, 3.05) is 18.6 Å². The van der Waals surface area contributed by atoms with Crippen LogP contribution in [0.5, 0.6) is 0 Å². The van der Waals surface area contributed by atoms with Crippen molar-refractivity contribution in [3.05, 3.63) is 41.4 Å². The topological polar surface area (TPSA) is 46.6 Å². The lowest BCUT2D eigenvalue weighted by molar-refractivity contribution is -0.117. The van der Waals surface area contributed by atoms with Gasteiger partial charge in [0.05, 0.1) is 23.4 Å². The third-order valence-corrected chi connectivity index (χ3v) is 3.45. The second-order valence-corrected chi connectivity index (χ2v) is 4.77. The molecular weight excluding hydrogens is 266 g/mol. The Kier molecular flexibility index (Phi) is 3.90. The molecular formula is C14H14ClNO3. The molecule has 2 rings (SSSR count). The third kappa shape index (κ3) is 2.63. The fraction of sp³-hybridized carbons (Fsp3) is 0.286. The molecule has 0 saturated carbocycles. The van der Waals surface area contributed by atoms with Gasteiger partial charge in [-0.2, -0.15) is 0 Å². The number of nitrogens with zero attached hydrogens (tertiary/aromatic N) is 1. The molecule has 100 valence electrons. The van der Waals surface area contributed by atoms with Gasteiger partial charge in [-0.25, -0.2) is 4.79 Å². The van der Waals surface area contributed by atoms with E-state index in [0.29, 0.717) is 29.2 Å². The predicted molar refractivity (Wildman–Crippen MR) is 73.4 cm³/mol. The Hall–Kier alpha value is -1.81. The smallest absolute Gasteiger partial charge is 0.337 e. The Morgan fingerprint density at radius 3 is 2.84 bits per heavy atom. The summed E-state index contributed by atoms with van der Waals surface area (Å²) in [6.45, 7) is 4.27. The van der Waals surface area contributed by atoms with Crippen LogP contribution in [-0.4, -0.2) is 25.5 Å². The van der Waals surface area contributed by atoms with Crippen molar-refractivity contribution < 1.29 is 14.3 Å². The third-order valence-electron chi connectivity index (χ3n) is 3.15. The van der Waals surface area contributed by atoms with Gasteiger partial charge < -0.3 is 9.64 Å². The first kappa shape index (κ1) is 13.6. The molecule has 1 amide bonds. The Labute approximate surface area is 116 Å². The van der Waals surface area contributed by atoms with Crippen molar-refractivity contribution in [1.82, 2.24) is 0 Å². The predicted octanol–water partition coefficient (Wildman–Crippen LogP) is 2.67. The first-order valence-electron chi connectivity index (χ1n) is 5.87. The van der Waals surface area contributed by atoms with Gasteiger partial charge >= 0.3 is 5.97 Å². The summed E-state index contributed by atoms with van der Waals surface area (Å²) in [4.78, 5) is 24.9. The van der Waals surface area contributed by atoms with E-state index in [1.54, 1.807) is 23.1 Å². The molecule has 1 unspecified atom stereocenters. The maximum absolute atomic E-state index is 11.9. The quantitative estimate of drug-likeness (QED) is 0.631. The van der Waals surface area contributed by atoms with Crippen molar-refractivity contribution in [3.8, 4) is 0 Å². The molecule has 5 heteroatoms. The molecule has 4 nitrogen and oxygen atoms in total. The average molecular weight is 280 g/mol. The van der Waals surface area contributed by atoms with Crippen molar-refractivity contribution in [1.29, 1.82) is 0 Å². The molecule has 0 radical (unpaired) electrons. The highest BCUT2D eigenvalue weighted by molar-refractivity contribution is 6.34. The van der Waals surface area contributed by atoms with Gasteiger partial charge in [0.25, 0.3) is 0 Å². The van der Waals surface area contributed by atoms with E-state index >= 15 is 0 Å². The number of carbonyl (C=O) groups is 2. The van der Waals surface area contributed by atoms with Crippen LogP contribution in [0.3, 0.4) is 0 Å². The van der Waals surface area contributed by atoms with Crippen LogP contribution in [0.2, 0.25) is 5.02 Å². The fourth-order valence-corrected chi connectivity index (χ4v) is 2.38. The molecule has 19 heavy (non-hydrogen) atoms. The molecule has 0 spiro atoms. The van der Waals surface area contributed by atoms with Gasteiger partial charge in [0.15, 0.2) is 0 Å². The summed E-state index contributed by atoms with van der Waals surface area (Å²) < 4.78 is 4.62. The average Bonchev–Trinajstić information content (AvgIpc) is 2.79. The van der Waals surface area contributed by atoms with Gasteiger partial charge in [0.1, 0.15) is 0 Å². The Balaban J connectivity index is 2.29. The molecule has 1 saturated heterocycles. The normalized spacial score (nSPS) is 18.5. The summed E-state index contributed by atoms with van der Waals surface area (Å²) in [5.41, 5.74) is 0.979. The molecule has 1 aliphatic rings. The largest absolute Gasteiger partial charge is 0.465 e. The zero-order valence-corrected chi connectivity index (χ0v) is 11.3. The van der Waals surface area contributed by atoms with Crippen LogP contribution in [-0.2, 0) is 9.53 Å². The van der Waals surface area contributed by atoms with Crippen LogP contribution in [0.15, 0.2) is 30.9 Å². The van der Waals surface area contributed by atoms with Gasteiger partial charge in [-0.1, -0.05) is 17.7 Å². The van der Waals surface area contributed by atoms with E-state index in [4.69, 9.17) is 11.6 Å². The monoisotopic (exact) mass is 279 g/mol. The minimum atomic E-state index is -0.454. The summed E-state index contributed by atoms with van der Waals surface area (Å²) in [5, 5.41) is 0.362. The molecule has 1 heterocycles. The number of rotatable bonds is 3. The number of ether oxygens (including phenoxy) is 1. The summed E-state index contributed by atoms with van der Waals surface area (Å²) >= 11 is 6.14. The van der Waals surface area contributed by atoms with Crippen molar-refractivity contribution in [3.63, 3.8) is 0 Å². The first-order valence-corrected chi connectivity index (χ1v) is 6.25. The molecule has 1 aromatic rings. The minimum Gasteiger partial charge on any atom is -0.465 e. The van der Waals surface area contributed by atoms with Crippen LogP contribution in [0.4, 0.5) is 5.69 Å². The Morgan fingerprint density at radius 2 is 2.32 bits per heavy atom. The highest BCUT2D eigenvalue weighted by Crippen LogP contribution is 2.32. The van der Waals surface area contributed by atoms with E-state index in [1.807, 2.05) is 0 Å². The minimum absolute atomic E-state index is 0.0117. The molecule has 0 aliphatic carbocycles. The van der Waals surface area contributed by atoms with Gasteiger partial charge in [0.2, 0.25) is 5.91 Å². The van der Waals surface area contributed by atoms with Gasteiger partial charge in [-0.05, 0) is 18.2 Å². The lowest BCUT2D eigenvalue weighted by Crippen LogP contribution is -2.24. The van der Waals surface area contributed by atoms with E-state index in [1.165, 1.54) is 13.2 Å². The summed E-state index contributed by atoms with van der Waals surface area (Å²) in [6.07, 6.45) is 2.22. The van der Waals surface area contributed by atoms with E-state index in [-0.39, 0.29) is 11.8 Å². The summed E-state index contributed by atoms with van der Waals surface area (Å²) in [7, 11) is 1.31. The lowest BCUT2D eigenvalue weighted by atomic mass is 10.1. The zero-order chi connectivity index (χ0) is 14.0. The summed E-state index contributed by atoms with van der Waals surface area (Å²) in [6, 6.07) is 4.77. The maximum atomic E-state index is 11.9. The second kappa shape index (κ2) is 5.45. The standard InChI is InChI=1S/C14H14ClNO3/c1-3-9-6-13(17)16(8-9)12-5-4-10(7-11(12)15)14(18)19-2/h3-5,7,9H,1,6,8H2,2H3. The SMILES string of the molecule is C=CC1CC(=O)N(c2ccc(C(=O)OC)cc2Cl)C1. The number of methoxy groups -OCH3 is 1. The number of halogens is 1. The fourth-order valence-electron chi connectivity index (χ4n) is 2.10. The Bertz CT molecular complexity index is 541. The molecule has 0 N–H and O–H groups in total. The lowest BCUT2D eigenvalue weighted by Gasteiger charge is -2.18. The number of esters is 1. The molecule has 1 aliphatic heterocycles. The Morgan fingerprint density at radius 1 is 1.58 bits per heavy atom. The number of amides is 1. The number of benzene rings is 1. The molecule has 0 bridgehead atoms. The van der Waals surface area contributed by atoms with Crippen LogP contribution in [0.1, 0.15) is 16.8 Å². The van der Waals surface area contributed by atoms with Crippen molar-refractivity contribution in [2.45, 2.75) is 6.42 Å². The van der Waals surface area contributed by atoms with Gasteiger partial charge in [-0.3, -0.25) is 4.79 Å².